The molecular weight excluding hydrogens is 516 g/mol. The Bertz CT molecular complexity index is 1080. The highest BCUT2D eigenvalue weighted by Gasteiger charge is 2.45. The molecule has 0 aliphatic carbocycles. The van der Waals surface area contributed by atoms with E-state index in [-0.39, 0.29) is 5.75 Å². The van der Waals surface area contributed by atoms with E-state index >= 15 is 0 Å². The molecule has 216 valence electrons. The summed E-state index contributed by atoms with van der Waals surface area (Å²) in [5.74, 6) is 0.755. The molecule has 2 aromatic rings. The molecule has 0 amide bonds. The summed E-state index contributed by atoms with van der Waals surface area (Å²) in [5, 5.41) is 79.9. The molecule has 0 aromatic heterocycles. The topological polar surface area (TPSA) is 199 Å². The molecule has 0 saturated carbocycles. The van der Waals surface area contributed by atoms with Gasteiger partial charge in [-0.1, -0.05) is 24.3 Å². The SMILES string of the molecule is COc1cc(CCc2cccc([C@@H]3O[C@@H](CO)[C@H](O)[C@@H](O)[C@@H]3O)c2)cc(O[C@H]2O[C@H](CO)[C@@H](O)[C@H](O)[C@H]2O)c1. The minimum atomic E-state index is -1.57. The van der Waals surface area contributed by atoms with Crippen molar-refractivity contribution < 1.29 is 59.8 Å². The highest BCUT2D eigenvalue weighted by Crippen LogP contribution is 2.33. The van der Waals surface area contributed by atoms with E-state index in [1.54, 1.807) is 24.3 Å². The van der Waals surface area contributed by atoms with E-state index in [1.807, 2.05) is 18.2 Å². The van der Waals surface area contributed by atoms with Crippen LogP contribution < -0.4 is 9.47 Å². The third kappa shape index (κ3) is 6.52. The van der Waals surface area contributed by atoms with Crippen molar-refractivity contribution in [2.24, 2.45) is 0 Å². The molecule has 2 aromatic carbocycles. The summed E-state index contributed by atoms with van der Waals surface area (Å²) in [6.45, 7) is -1.08. The van der Waals surface area contributed by atoms with Crippen LogP contribution in [0.25, 0.3) is 0 Å². The van der Waals surface area contributed by atoms with Gasteiger partial charge in [-0.15, -0.1) is 0 Å². The number of aliphatic hydroxyl groups is 8. The molecule has 0 spiro atoms. The van der Waals surface area contributed by atoms with Crippen LogP contribution in [0.3, 0.4) is 0 Å². The van der Waals surface area contributed by atoms with Gasteiger partial charge in [-0.05, 0) is 41.7 Å². The van der Waals surface area contributed by atoms with E-state index in [1.165, 1.54) is 7.11 Å². The zero-order valence-corrected chi connectivity index (χ0v) is 21.4. The lowest BCUT2D eigenvalue weighted by atomic mass is 9.90. The van der Waals surface area contributed by atoms with Crippen LogP contribution in [0, 0.1) is 0 Å². The Morgan fingerprint density at radius 3 is 1.95 bits per heavy atom. The van der Waals surface area contributed by atoms with Gasteiger partial charge in [0, 0.05) is 6.07 Å². The smallest absolute Gasteiger partial charge is 0.229 e. The van der Waals surface area contributed by atoms with Gasteiger partial charge in [0.1, 0.15) is 66.4 Å². The number of hydrogen-bond donors (Lipinski definition) is 8. The van der Waals surface area contributed by atoms with Gasteiger partial charge < -0.3 is 59.8 Å². The molecule has 0 radical (unpaired) electrons. The van der Waals surface area contributed by atoms with Crippen LogP contribution >= 0.6 is 0 Å². The van der Waals surface area contributed by atoms with Gasteiger partial charge in [0.05, 0.1) is 20.3 Å². The molecule has 2 fully saturated rings. The lowest BCUT2D eigenvalue weighted by Crippen LogP contribution is -2.60. The number of hydrogen-bond acceptors (Lipinski definition) is 12. The van der Waals surface area contributed by atoms with Crippen LogP contribution in [0.4, 0.5) is 0 Å². The molecule has 2 aliphatic heterocycles. The van der Waals surface area contributed by atoms with Crippen molar-refractivity contribution in [3.8, 4) is 11.5 Å². The molecule has 12 nitrogen and oxygen atoms in total. The fraction of sp³-hybridized carbons (Fsp3) is 0.556. The average Bonchev–Trinajstić information content (AvgIpc) is 2.95. The van der Waals surface area contributed by atoms with E-state index in [4.69, 9.17) is 18.9 Å². The van der Waals surface area contributed by atoms with Crippen molar-refractivity contribution in [2.75, 3.05) is 20.3 Å². The van der Waals surface area contributed by atoms with Crippen LogP contribution in [-0.4, -0.2) is 116 Å². The van der Waals surface area contributed by atoms with E-state index in [0.29, 0.717) is 24.2 Å². The fourth-order valence-electron chi connectivity index (χ4n) is 4.85. The Labute approximate surface area is 225 Å². The Morgan fingerprint density at radius 2 is 1.28 bits per heavy atom. The van der Waals surface area contributed by atoms with Gasteiger partial charge in [-0.25, -0.2) is 0 Å². The maximum Gasteiger partial charge on any atom is 0.229 e. The first-order valence-electron chi connectivity index (χ1n) is 12.7. The zero-order valence-electron chi connectivity index (χ0n) is 21.4. The molecule has 12 heteroatoms. The predicted octanol–water partition coefficient (Wildman–Crippen LogP) is -1.83. The summed E-state index contributed by atoms with van der Waals surface area (Å²) in [5.41, 5.74) is 2.29. The standard InChI is InChI=1S/C27H36O12/c1-36-16-8-14(9-17(10-16)37-27-25(35)23(33)21(31)19(12-29)39-27)6-5-13-3-2-4-15(7-13)26-24(34)22(32)20(30)18(11-28)38-26/h2-4,7-10,18-35H,5-6,11-12H2,1H3/t18-,19+,20-,21+,22+,23-,24-,25+,26-,27-/m0/s1. The largest absolute Gasteiger partial charge is 0.497 e. The molecule has 8 N–H and O–H groups in total. The molecular formula is C27H36O12. The molecule has 10 atom stereocenters. The summed E-state index contributed by atoms with van der Waals surface area (Å²) >= 11 is 0. The summed E-state index contributed by atoms with van der Waals surface area (Å²) in [6, 6.07) is 12.3. The molecule has 2 heterocycles. The van der Waals surface area contributed by atoms with Crippen LogP contribution in [0.1, 0.15) is 22.8 Å². The van der Waals surface area contributed by atoms with Crippen molar-refractivity contribution in [3.63, 3.8) is 0 Å². The van der Waals surface area contributed by atoms with Crippen LogP contribution in [0.15, 0.2) is 42.5 Å². The monoisotopic (exact) mass is 552 g/mol. The van der Waals surface area contributed by atoms with Gasteiger partial charge in [0.25, 0.3) is 0 Å². The molecule has 4 rings (SSSR count). The normalized spacial score (nSPS) is 35.0. The summed E-state index contributed by atoms with van der Waals surface area (Å²) in [6.07, 6.45) is -12.2. The third-order valence-electron chi connectivity index (χ3n) is 7.15. The van der Waals surface area contributed by atoms with Gasteiger partial charge >= 0.3 is 0 Å². The summed E-state index contributed by atoms with van der Waals surface area (Å²) in [4.78, 5) is 0. The second kappa shape index (κ2) is 12.9. The van der Waals surface area contributed by atoms with Gasteiger partial charge in [-0.3, -0.25) is 0 Å². The summed E-state index contributed by atoms with van der Waals surface area (Å²) < 4.78 is 22.2. The fourth-order valence-corrected chi connectivity index (χ4v) is 4.85. The first-order chi connectivity index (χ1) is 18.7. The van der Waals surface area contributed by atoms with Crippen LogP contribution in [0.5, 0.6) is 11.5 Å². The van der Waals surface area contributed by atoms with E-state index in [9.17, 15) is 40.9 Å². The lowest BCUT2D eigenvalue weighted by Gasteiger charge is -2.40. The van der Waals surface area contributed by atoms with E-state index in [2.05, 4.69) is 0 Å². The highest BCUT2D eigenvalue weighted by atomic mass is 16.7. The minimum absolute atomic E-state index is 0.281. The van der Waals surface area contributed by atoms with Crippen molar-refractivity contribution in [1.29, 1.82) is 0 Å². The number of methoxy groups -OCH3 is 1. The van der Waals surface area contributed by atoms with Crippen LogP contribution in [0.2, 0.25) is 0 Å². The summed E-state index contributed by atoms with van der Waals surface area (Å²) in [7, 11) is 1.49. The Morgan fingerprint density at radius 1 is 0.667 bits per heavy atom. The number of ether oxygens (including phenoxy) is 4. The van der Waals surface area contributed by atoms with Gasteiger partial charge in [-0.2, -0.15) is 0 Å². The van der Waals surface area contributed by atoms with Crippen molar-refractivity contribution in [3.05, 3.63) is 59.2 Å². The highest BCUT2D eigenvalue weighted by molar-refractivity contribution is 5.39. The number of benzene rings is 2. The van der Waals surface area contributed by atoms with Crippen molar-refractivity contribution in [1.82, 2.24) is 0 Å². The molecule has 39 heavy (non-hydrogen) atoms. The van der Waals surface area contributed by atoms with E-state index in [0.717, 1.165) is 11.1 Å². The Hall–Kier alpha value is -2.36. The predicted molar refractivity (Wildman–Crippen MR) is 134 cm³/mol. The second-order valence-electron chi connectivity index (χ2n) is 9.83. The lowest BCUT2D eigenvalue weighted by molar-refractivity contribution is -0.277. The average molecular weight is 553 g/mol. The van der Waals surface area contributed by atoms with Gasteiger partial charge in [0.15, 0.2) is 0 Å². The third-order valence-corrected chi connectivity index (χ3v) is 7.15. The Kier molecular flexibility index (Phi) is 9.78. The quantitative estimate of drug-likeness (QED) is 0.173. The van der Waals surface area contributed by atoms with Crippen molar-refractivity contribution in [2.45, 2.75) is 74.1 Å². The maximum atomic E-state index is 10.5. The Balaban J connectivity index is 1.47. The van der Waals surface area contributed by atoms with Crippen LogP contribution in [-0.2, 0) is 22.3 Å². The number of aliphatic hydroxyl groups excluding tert-OH is 8. The minimum Gasteiger partial charge on any atom is -0.497 e. The number of aryl methyl sites for hydroxylation is 2. The second-order valence-corrected chi connectivity index (χ2v) is 9.83. The first-order valence-corrected chi connectivity index (χ1v) is 12.7. The maximum absolute atomic E-state index is 10.5. The molecule has 2 saturated heterocycles. The number of rotatable bonds is 9. The molecule has 0 bridgehead atoms. The molecule has 2 aliphatic rings. The van der Waals surface area contributed by atoms with Crippen molar-refractivity contribution >= 4 is 0 Å². The van der Waals surface area contributed by atoms with Gasteiger partial charge in [0.2, 0.25) is 6.29 Å². The van der Waals surface area contributed by atoms with E-state index < -0.39 is 74.4 Å². The zero-order chi connectivity index (χ0) is 28.3. The molecule has 0 unspecified atom stereocenters. The first kappa shape index (κ1) is 29.6.